The lowest BCUT2D eigenvalue weighted by atomic mass is 10.2. The molecule has 2 aromatic carbocycles. The summed E-state index contributed by atoms with van der Waals surface area (Å²) in [6.45, 7) is 1.04. The van der Waals surface area contributed by atoms with Crippen LogP contribution in [0.3, 0.4) is 0 Å². The number of anilines is 1. The van der Waals surface area contributed by atoms with Crippen LogP contribution in [0.2, 0.25) is 0 Å². The highest BCUT2D eigenvalue weighted by atomic mass is 16.6. The lowest BCUT2D eigenvalue weighted by Gasteiger charge is -2.29. The van der Waals surface area contributed by atoms with Crippen LogP contribution in [0.5, 0.6) is 11.5 Å². The molecule has 3 rings (SSSR count). The van der Waals surface area contributed by atoms with E-state index in [1.165, 1.54) is 0 Å². The van der Waals surface area contributed by atoms with Crippen molar-refractivity contribution in [2.24, 2.45) is 0 Å². The molecule has 7 heteroatoms. The van der Waals surface area contributed by atoms with E-state index >= 15 is 0 Å². The average Bonchev–Trinajstić information content (AvgIpc) is 2.78. The highest BCUT2D eigenvalue weighted by Crippen LogP contribution is 2.31. The van der Waals surface area contributed by atoms with Gasteiger partial charge in [-0.15, -0.1) is 0 Å². The van der Waals surface area contributed by atoms with Crippen molar-refractivity contribution in [3.8, 4) is 17.6 Å². The van der Waals surface area contributed by atoms with E-state index in [1.54, 1.807) is 16.8 Å². The number of nitrogens with zero attached hydrogens (tertiary/aromatic N) is 3. The van der Waals surface area contributed by atoms with Crippen LogP contribution in [0.1, 0.15) is 19.3 Å². The molecule has 156 valence electrons. The third-order valence-corrected chi connectivity index (χ3v) is 4.84. The molecule has 1 unspecified atom stereocenters. The summed E-state index contributed by atoms with van der Waals surface area (Å²) in [5.74, 6) is 1.05. The topological polar surface area (TPSA) is 82.9 Å². The first-order valence-corrected chi connectivity index (χ1v) is 9.93. The summed E-state index contributed by atoms with van der Waals surface area (Å²) >= 11 is 0. The van der Waals surface area contributed by atoms with Crippen molar-refractivity contribution in [1.29, 1.82) is 5.26 Å². The summed E-state index contributed by atoms with van der Waals surface area (Å²) in [5.41, 5.74) is 0.727. The molecule has 0 aromatic heterocycles. The average molecular weight is 407 g/mol. The zero-order valence-corrected chi connectivity index (χ0v) is 17.0. The van der Waals surface area contributed by atoms with Crippen LogP contribution in [0.25, 0.3) is 0 Å². The minimum absolute atomic E-state index is 0.0777. The van der Waals surface area contributed by atoms with E-state index in [9.17, 15) is 9.59 Å². The van der Waals surface area contributed by atoms with Gasteiger partial charge in [0, 0.05) is 32.1 Å². The summed E-state index contributed by atoms with van der Waals surface area (Å²) in [4.78, 5) is 28.4. The Morgan fingerprint density at radius 1 is 1.03 bits per heavy atom. The normalized spacial score (nSPS) is 14.5. The summed E-state index contributed by atoms with van der Waals surface area (Å²) in [6.07, 6.45) is 0.139. The Balaban J connectivity index is 1.51. The van der Waals surface area contributed by atoms with Gasteiger partial charge in [-0.3, -0.25) is 9.59 Å². The molecule has 2 amide bonds. The van der Waals surface area contributed by atoms with E-state index in [1.807, 2.05) is 54.6 Å². The second-order valence-corrected chi connectivity index (χ2v) is 7.06. The Kier molecular flexibility index (Phi) is 7.28. The molecule has 0 bridgehead atoms. The molecule has 0 saturated carbocycles. The predicted molar refractivity (Wildman–Crippen MR) is 112 cm³/mol. The molecule has 7 nitrogen and oxygen atoms in total. The van der Waals surface area contributed by atoms with E-state index in [-0.39, 0.29) is 37.2 Å². The van der Waals surface area contributed by atoms with Crippen molar-refractivity contribution < 1.29 is 19.1 Å². The lowest BCUT2D eigenvalue weighted by Crippen LogP contribution is -2.42. The van der Waals surface area contributed by atoms with Gasteiger partial charge in [-0.2, -0.15) is 5.26 Å². The number of likely N-dealkylation sites (N-methyl/N-ethyl adjacent to an activating group) is 1. The number of carbonyl (C=O) groups excluding carboxylic acids is 2. The van der Waals surface area contributed by atoms with Gasteiger partial charge in [-0.1, -0.05) is 30.3 Å². The second kappa shape index (κ2) is 10.3. The number of amides is 2. The van der Waals surface area contributed by atoms with Crippen molar-refractivity contribution in [1.82, 2.24) is 4.90 Å². The summed E-state index contributed by atoms with van der Waals surface area (Å²) in [6, 6.07) is 18.7. The van der Waals surface area contributed by atoms with Crippen molar-refractivity contribution in [3.63, 3.8) is 0 Å². The zero-order valence-electron chi connectivity index (χ0n) is 17.0. The third kappa shape index (κ3) is 5.51. The molecule has 1 aliphatic heterocycles. The van der Waals surface area contributed by atoms with Crippen LogP contribution in [0.4, 0.5) is 5.69 Å². The van der Waals surface area contributed by atoms with Crippen LogP contribution in [-0.4, -0.2) is 49.6 Å². The van der Waals surface area contributed by atoms with Crippen molar-refractivity contribution in [3.05, 3.63) is 54.6 Å². The lowest BCUT2D eigenvalue weighted by molar-refractivity contribution is -0.133. The Labute approximate surface area is 176 Å². The highest BCUT2D eigenvalue weighted by Gasteiger charge is 2.24. The van der Waals surface area contributed by atoms with E-state index in [4.69, 9.17) is 14.7 Å². The molecule has 1 aliphatic rings. The van der Waals surface area contributed by atoms with Crippen LogP contribution < -0.4 is 14.4 Å². The van der Waals surface area contributed by atoms with Crippen molar-refractivity contribution >= 4 is 17.5 Å². The Morgan fingerprint density at radius 2 is 1.70 bits per heavy atom. The van der Waals surface area contributed by atoms with Gasteiger partial charge in [-0.05, 0) is 24.3 Å². The van der Waals surface area contributed by atoms with Crippen LogP contribution >= 0.6 is 0 Å². The van der Waals surface area contributed by atoms with Gasteiger partial charge < -0.3 is 19.3 Å². The van der Waals surface area contributed by atoms with E-state index in [0.29, 0.717) is 31.2 Å². The van der Waals surface area contributed by atoms with Gasteiger partial charge >= 0.3 is 0 Å². The predicted octanol–water partition coefficient (Wildman–Crippen LogP) is 3.01. The van der Waals surface area contributed by atoms with Crippen molar-refractivity contribution in [2.75, 3.05) is 31.6 Å². The monoisotopic (exact) mass is 407 g/mol. The molecule has 0 aliphatic carbocycles. The van der Waals surface area contributed by atoms with Crippen LogP contribution in [0, 0.1) is 11.3 Å². The second-order valence-electron chi connectivity index (χ2n) is 7.06. The Bertz CT molecular complexity index is 910. The number of carbonyl (C=O) groups is 2. The molecule has 1 atom stereocenters. The molecule has 1 heterocycles. The molecule has 0 saturated heterocycles. The number of ether oxygens (including phenoxy) is 2. The van der Waals surface area contributed by atoms with E-state index < -0.39 is 0 Å². The number of rotatable bonds is 8. The summed E-state index contributed by atoms with van der Waals surface area (Å²) in [7, 11) is 1.70. The fourth-order valence-corrected chi connectivity index (χ4v) is 3.27. The van der Waals surface area contributed by atoms with Crippen LogP contribution in [-0.2, 0) is 9.59 Å². The van der Waals surface area contributed by atoms with Crippen molar-refractivity contribution in [2.45, 2.75) is 25.4 Å². The maximum Gasteiger partial charge on any atom is 0.227 e. The fourth-order valence-electron chi connectivity index (χ4n) is 3.27. The Hall–Kier alpha value is -3.53. The minimum atomic E-state index is -0.263. The third-order valence-electron chi connectivity index (χ3n) is 4.84. The molecular weight excluding hydrogens is 382 g/mol. The number of hydrogen-bond donors (Lipinski definition) is 0. The first-order valence-electron chi connectivity index (χ1n) is 9.93. The maximum atomic E-state index is 12.7. The van der Waals surface area contributed by atoms with Gasteiger partial charge in [0.25, 0.3) is 0 Å². The molecular formula is C23H25N3O4. The molecule has 0 fully saturated rings. The highest BCUT2D eigenvalue weighted by molar-refractivity contribution is 5.95. The van der Waals surface area contributed by atoms with Gasteiger partial charge in [0.2, 0.25) is 11.8 Å². The van der Waals surface area contributed by atoms with E-state index in [0.717, 1.165) is 5.69 Å². The van der Waals surface area contributed by atoms with Gasteiger partial charge in [0.05, 0.1) is 19.0 Å². The standard InChI is InChI=1S/C23H25N3O4/c1-25(16-19-17-29-20-10-5-6-11-21(20)30-19)22(27)12-13-23(28)26(15-7-14-24)18-8-3-2-4-9-18/h2-6,8-11,19H,7,12-13,15-17H2,1H3. The molecule has 0 N–H and O–H groups in total. The minimum Gasteiger partial charge on any atom is -0.486 e. The molecule has 2 aromatic rings. The molecule has 0 radical (unpaired) electrons. The Morgan fingerprint density at radius 3 is 2.43 bits per heavy atom. The largest absolute Gasteiger partial charge is 0.486 e. The number of benzene rings is 2. The number of fused-ring (bicyclic) bond motifs is 1. The van der Waals surface area contributed by atoms with Gasteiger partial charge in [0.15, 0.2) is 17.6 Å². The number of nitriles is 1. The summed E-state index contributed by atoms with van der Waals surface area (Å²) in [5, 5.41) is 8.88. The first kappa shape index (κ1) is 21.2. The van der Waals surface area contributed by atoms with E-state index in [2.05, 4.69) is 6.07 Å². The first-order chi connectivity index (χ1) is 14.6. The molecule has 30 heavy (non-hydrogen) atoms. The number of para-hydroxylation sites is 3. The fraction of sp³-hybridized carbons (Fsp3) is 0.348. The SMILES string of the molecule is CN(CC1COc2ccccc2O1)C(=O)CCC(=O)N(CCC#N)c1ccccc1. The van der Waals surface area contributed by atoms with Gasteiger partial charge in [-0.25, -0.2) is 0 Å². The van der Waals surface area contributed by atoms with Crippen LogP contribution in [0.15, 0.2) is 54.6 Å². The molecule has 0 spiro atoms. The quantitative estimate of drug-likeness (QED) is 0.672. The number of hydrogen-bond acceptors (Lipinski definition) is 5. The summed E-state index contributed by atoms with van der Waals surface area (Å²) < 4.78 is 11.6. The maximum absolute atomic E-state index is 12.7. The zero-order chi connectivity index (χ0) is 21.3. The smallest absolute Gasteiger partial charge is 0.227 e. The van der Waals surface area contributed by atoms with Gasteiger partial charge in [0.1, 0.15) is 6.61 Å².